The number of hydrogen-bond acceptors (Lipinski definition) is 7. The Labute approximate surface area is 128 Å². The Balaban J connectivity index is 1.84. The van der Waals surface area contributed by atoms with Crippen LogP contribution < -0.4 is 10.6 Å². The zero-order valence-corrected chi connectivity index (χ0v) is 12.8. The second-order valence-corrected chi connectivity index (χ2v) is 6.03. The first-order valence-electron chi connectivity index (χ1n) is 7.17. The molecule has 2 aromatic heterocycles. The summed E-state index contributed by atoms with van der Waals surface area (Å²) in [4.78, 5) is 17.4. The summed E-state index contributed by atoms with van der Waals surface area (Å²) in [5.41, 5.74) is 0. The number of imidazole rings is 1. The molecule has 0 aromatic carbocycles. The fourth-order valence-electron chi connectivity index (χ4n) is 2.07. The summed E-state index contributed by atoms with van der Waals surface area (Å²) in [6.45, 7) is 2.95. The molecule has 1 unspecified atom stereocenters. The highest BCUT2D eigenvalue weighted by atomic mass is 32.2. The molecule has 1 saturated heterocycles. The normalized spacial score (nSPS) is 17.9. The van der Waals surface area contributed by atoms with E-state index in [1.807, 2.05) is 18.0 Å². The lowest BCUT2D eigenvalue weighted by Crippen LogP contribution is -2.21. The van der Waals surface area contributed by atoms with Crippen LogP contribution in [-0.2, 0) is 0 Å². The molecule has 1 atom stereocenters. The van der Waals surface area contributed by atoms with Crippen LogP contribution in [0.4, 0.5) is 11.9 Å². The molecule has 1 aliphatic heterocycles. The average Bonchev–Trinajstić information content (AvgIpc) is 3.18. The third-order valence-corrected chi connectivity index (χ3v) is 4.32. The maximum absolute atomic E-state index is 4.49. The van der Waals surface area contributed by atoms with Crippen molar-refractivity contribution in [3.05, 3.63) is 18.7 Å². The summed E-state index contributed by atoms with van der Waals surface area (Å²) in [7, 11) is 0. The first kappa shape index (κ1) is 14.1. The lowest BCUT2D eigenvalue weighted by atomic mass is 10.3. The molecule has 0 bridgehead atoms. The lowest BCUT2D eigenvalue weighted by molar-refractivity contribution is 0.787. The highest BCUT2D eigenvalue weighted by Gasteiger charge is 2.17. The van der Waals surface area contributed by atoms with E-state index in [2.05, 4.69) is 37.5 Å². The summed E-state index contributed by atoms with van der Waals surface area (Å²) >= 11 is 1.96. The van der Waals surface area contributed by atoms with Crippen molar-refractivity contribution in [2.75, 3.05) is 28.7 Å². The predicted octanol–water partition coefficient (Wildman–Crippen LogP) is 1.80. The molecule has 0 radical (unpaired) electrons. The molecule has 0 spiro atoms. The van der Waals surface area contributed by atoms with Gasteiger partial charge < -0.3 is 10.6 Å². The Bertz CT molecular complexity index is 566. The fourth-order valence-corrected chi connectivity index (χ4v) is 3.22. The molecule has 112 valence electrons. The van der Waals surface area contributed by atoms with Gasteiger partial charge in [-0.1, -0.05) is 6.92 Å². The van der Waals surface area contributed by atoms with Crippen LogP contribution in [-0.4, -0.2) is 48.6 Å². The van der Waals surface area contributed by atoms with Crippen molar-refractivity contribution in [1.82, 2.24) is 24.5 Å². The van der Waals surface area contributed by atoms with Crippen LogP contribution >= 0.6 is 11.8 Å². The molecule has 2 aromatic rings. The van der Waals surface area contributed by atoms with Gasteiger partial charge in [0.2, 0.25) is 17.8 Å². The number of nitrogens with one attached hydrogen (secondary N) is 2. The van der Waals surface area contributed by atoms with Gasteiger partial charge in [0.1, 0.15) is 6.33 Å². The average molecular weight is 305 g/mol. The van der Waals surface area contributed by atoms with Crippen LogP contribution in [0.5, 0.6) is 0 Å². The molecule has 0 aliphatic carbocycles. The smallest absolute Gasteiger partial charge is 0.241 e. The number of hydrogen-bond donors (Lipinski definition) is 2. The fraction of sp³-hybridized carbons (Fsp3) is 0.538. The summed E-state index contributed by atoms with van der Waals surface area (Å²) in [5.74, 6) is 4.10. The predicted molar refractivity (Wildman–Crippen MR) is 85.1 cm³/mol. The van der Waals surface area contributed by atoms with Gasteiger partial charge in [0, 0.05) is 30.7 Å². The van der Waals surface area contributed by atoms with Gasteiger partial charge in [0.05, 0.1) is 0 Å². The summed E-state index contributed by atoms with van der Waals surface area (Å²) in [6, 6.07) is 0.437. The van der Waals surface area contributed by atoms with Gasteiger partial charge in [0.15, 0.2) is 0 Å². The van der Waals surface area contributed by atoms with E-state index in [0.717, 1.165) is 25.1 Å². The van der Waals surface area contributed by atoms with Gasteiger partial charge in [-0.05, 0) is 18.6 Å². The zero-order chi connectivity index (χ0) is 14.5. The van der Waals surface area contributed by atoms with Crippen LogP contribution in [0.2, 0.25) is 0 Å². The van der Waals surface area contributed by atoms with Crippen LogP contribution in [0.1, 0.15) is 19.8 Å². The van der Waals surface area contributed by atoms with Gasteiger partial charge in [-0.2, -0.15) is 26.7 Å². The second-order valence-electron chi connectivity index (χ2n) is 4.88. The first-order chi connectivity index (χ1) is 10.3. The van der Waals surface area contributed by atoms with Crippen LogP contribution in [0.25, 0.3) is 5.95 Å². The minimum atomic E-state index is 0.437. The van der Waals surface area contributed by atoms with E-state index in [-0.39, 0.29) is 0 Å². The Hall–Kier alpha value is -1.83. The molecule has 1 aliphatic rings. The van der Waals surface area contributed by atoms with E-state index in [1.165, 1.54) is 5.75 Å². The van der Waals surface area contributed by atoms with E-state index in [0.29, 0.717) is 23.9 Å². The van der Waals surface area contributed by atoms with E-state index < -0.39 is 0 Å². The van der Waals surface area contributed by atoms with Gasteiger partial charge in [-0.25, -0.2) is 4.98 Å². The van der Waals surface area contributed by atoms with E-state index in [4.69, 9.17) is 0 Å². The topological polar surface area (TPSA) is 80.5 Å². The molecule has 2 N–H and O–H groups in total. The quantitative estimate of drug-likeness (QED) is 0.842. The maximum atomic E-state index is 4.49. The van der Waals surface area contributed by atoms with Crippen molar-refractivity contribution in [2.24, 2.45) is 0 Å². The van der Waals surface area contributed by atoms with Gasteiger partial charge in [0.25, 0.3) is 0 Å². The maximum Gasteiger partial charge on any atom is 0.241 e. The lowest BCUT2D eigenvalue weighted by Gasteiger charge is -2.13. The molecule has 8 heteroatoms. The summed E-state index contributed by atoms with van der Waals surface area (Å²) < 4.78 is 1.79. The number of anilines is 2. The standard InChI is InChI=1S/C13H19N7S/c1-2-4-15-11-17-12(16-10-3-7-21-8-10)19-13(18-11)20-6-5-14-9-20/h5-6,9-10H,2-4,7-8H2,1H3,(H2,15,16,17,18,19). The zero-order valence-electron chi connectivity index (χ0n) is 12.0. The number of aromatic nitrogens is 5. The molecular formula is C13H19N7S. The summed E-state index contributed by atoms with van der Waals surface area (Å²) in [5, 5.41) is 6.62. The molecular weight excluding hydrogens is 286 g/mol. The largest absolute Gasteiger partial charge is 0.354 e. The molecule has 21 heavy (non-hydrogen) atoms. The SMILES string of the molecule is CCCNc1nc(NC2CCSC2)nc(-n2ccnc2)n1. The van der Waals surface area contributed by atoms with Gasteiger partial charge in [-0.15, -0.1) is 0 Å². The van der Waals surface area contributed by atoms with Crippen molar-refractivity contribution in [1.29, 1.82) is 0 Å². The third-order valence-electron chi connectivity index (χ3n) is 3.15. The van der Waals surface area contributed by atoms with Crippen molar-refractivity contribution < 1.29 is 0 Å². The second kappa shape index (κ2) is 6.75. The van der Waals surface area contributed by atoms with Crippen molar-refractivity contribution in [3.8, 4) is 5.95 Å². The van der Waals surface area contributed by atoms with Gasteiger partial charge >= 0.3 is 0 Å². The molecule has 7 nitrogen and oxygen atoms in total. The highest BCUT2D eigenvalue weighted by Crippen LogP contribution is 2.20. The minimum Gasteiger partial charge on any atom is -0.354 e. The van der Waals surface area contributed by atoms with Crippen molar-refractivity contribution >= 4 is 23.7 Å². The Morgan fingerprint density at radius 3 is 2.95 bits per heavy atom. The van der Waals surface area contributed by atoms with Crippen molar-refractivity contribution in [3.63, 3.8) is 0 Å². The first-order valence-corrected chi connectivity index (χ1v) is 8.33. The molecule has 0 saturated carbocycles. The Morgan fingerprint density at radius 1 is 1.33 bits per heavy atom. The minimum absolute atomic E-state index is 0.437. The van der Waals surface area contributed by atoms with E-state index in [9.17, 15) is 0 Å². The third kappa shape index (κ3) is 3.63. The highest BCUT2D eigenvalue weighted by molar-refractivity contribution is 7.99. The van der Waals surface area contributed by atoms with E-state index in [1.54, 1.807) is 17.1 Å². The number of rotatable bonds is 6. The number of thioether (sulfide) groups is 1. The monoisotopic (exact) mass is 305 g/mol. The van der Waals surface area contributed by atoms with Crippen molar-refractivity contribution in [2.45, 2.75) is 25.8 Å². The molecule has 1 fully saturated rings. The Morgan fingerprint density at radius 2 is 2.24 bits per heavy atom. The molecule has 3 heterocycles. The van der Waals surface area contributed by atoms with Crippen LogP contribution in [0.15, 0.2) is 18.7 Å². The van der Waals surface area contributed by atoms with Gasteiger partial charge in [-0.3, -0.25) is 4.57 Å². The summed E-state index contributed by atoms with van der Waals surface area (Å²) in [6.07, 6.45) is 7.40. The van der Waals surface area contributed by atoms with Crippen LogP contribution in [0, 0.1) is 0 Å². The molecule has 0 amide bonds. The molecule has 3 rings (SSSR count). The Kier molecular flexibility index (Phi) is 4.54. The van der Waals surface area contributed by atoms with E-state index >= 15 is 0 Å². The van der Waals surface area contributed by atoms with Crippen LogP contribution in [0.3, 0.4) is 0 Å². The number of nitrogens with zero attached hydrogens (tertiary/aromatic N) is 5.